The van der Waals surface area contributed by atoms with E-state index in [0.29, 0.717) is 37.7 Å². The molecule has 2 heterocycles. The van der Waals surface area contributed by atoms with Crippen LogP contribution >= 0.6 is 12.4 Å². The fraction of sp³-hybridized carbons (Fsp3) is 0.571. The quantitative estimate of drug-likeness (QED) is 0.550. The van der Waals surface area contributed by atoms with Gasteiger partial charge in [0.05, 0.1) is 0 Å². The van der Waals surface area contributed by atoms with Gasteiger partial charge in [-0.3, -0.25) is 9.59 Å². The first-order valence-electron chi connectivity index (χ1n) is 13.4. The van der Waals surface area contributed by atoms with Crippen molar-refractivity contribution in [1.29, 1.82) is 0 Å². The van der Waals surface area contributed by atoms with Crippen molar-refractivity contribution in [3.63, 3.8) is 0 Å². The van der Waals surface area contributed by atoms with Gasteiger partial charge in [0.15, 0.2) is 0 Å². The number of halogens is 1. The molecule has 0 spiro atoms. The normalized spacial score (nSPS) is 18.5. The SMILES string of the molecule is CN(C)C(=O)N(C)C(CC1CCCCC1)C(=O)N1CCCC1C(=O)NCc1ccc2c(N)nccc2c1.Cl. The summed E-state index contributed by atoms with van der Waals surface area (Å²) < 4.78 is 0. The van der Waals surface area contributed by atoms with Crippen molar-refractivity contribution in [2.24, 2.45) is 5.92 Å². The summed E-state index contributed by atoms with van der Waals surface area (Å²) in [5.74, 6) is 0.633. The van der Waals surface area contributed by atoms with Gasteiger partial charge in [-0.25, -0.2) is 9.78 Å². The van der Waals surface area contributed by atoms with E-state index in [2.05, 4.69) is 10.3 Å². The lowest BCUT2D eigenvalue weighted by molar-refractivity contribution is -0.142. The number of anilines is 1. The van der Waals surface area contributed by atoms with E-state index >= 15 is 0 Å². The van der Waals surface area contributed by atoms with Gasteiger partial charge in [-0.1, -0.05) is 44.2 Å². The lowest BCUT2D eigenvalue weighted by Crippen LogP contribution is -2.55. The first-order valence-corrected chi connectivity index (χ1v) is 13.4. The van der Waals surface area contributed by atoms with Crippen LogP contribution in [0.15, 0.2) is 30.5 Å². The molecule has 0 bridgehead atoms. The fourth-order valence-corrected chi connectivity index (χ4v) is 5.77. The number of fused-ring (bicyclic) bond motifs is 1. The maximum atomic E-state index is 13.9. The van der Waals surface area contributed by atoms with Crippen LogP contribution in [0.5, 0.6) is 0 Å². The Morgan fingerprint density at radius 3 is 2.53 bits per heavy atom. The van der Waals surface area contributed by atoms with Crippen LogP contribution in [0.2, 0.25) is 0 Å². The summed E-state index contributed by atoms with van der Waals surface area (Å²) >= 11 is 0. The minimum Gasteiger partial charge on any atom is -0.383 e. The molecule has 1 aliphatic heterocycles. The van der Waals surface area contributed by atoms with Crippen LogP contribution in [0.3, 0.4) is 0 Å². The predicted molar refractivity (Wildman–Crippen MR) is 152 cm³/mol. The zero-order valence-electron chi connectivity index (χ0n) is 22.7. The van der Waals surface area contributed by atoms with Crippen LogP contribution in [-0.4, -0.2) is 77.3 Å². The first-order chi connectivity index (χ1) is 17.8. The zero-order chi connectivity index (χ0) is 26.5. The highest BCUT2D eigenvalue weighted by Crippen LogP contribution is 2.30. The molecule has 1 saturated heterocycles. The molecule has 2 fully saturated rings. The molecular formula is C28H41ClN6O3. The molecular weight excluding hydrogens is 504 g/mol. The van der Waals surface area contributed by atoms with Gasteiger partial charge in [0, 0.05) is 45.8 Å². The average Bonchev–Trinajstić information content (AvgIpc) is 3.40. The molecule has 4 amide bonds. The summed E-state index contributed by atoms with van der Waals surface area (Å²) in [7, 11) is 5.11. The summed E-state index contributed by atoms with van der Waals surface area (Å²) in [6, 6.07) is 6.45. The summed E-state index contributed by atoms with van der Waals surface area (Å²) in [6.45, 7) is 0.893. The van der Waals surface area contributed by atoms with Gasteiger partial charge < -0.3 is 25.8 Å². The van der Waals surface area contributed by atoms with E-state index in [-0.39, 0.29) is 30.3 Å². The minimum absolute atomic E-state index is 0. The Morgan fingerprint density at radius 2 is 1.82 bits per heavy atom. The van der Waals surface area contributed by atoms with E-state index in [0.717, 1.165) is 35.6 Å². The third-order valence-electron chi connectivity index (χ3n) is 7.88. The number of nitrogens with one attached hydrogen (secondary N) is 1. The molecule has 3 N–H and O–H groups in total. The number of carbonyl (C=O) groups excluding carboxylic acids is 3. The number of likely N-dealkylation sites (N-methyl/N-ethyl adjacent to an activating group) is 1. The molecule has 0 radical (unpaired) electrons. The van der Waals surface area contributed by atoms with E-state index < -0.39 is 12.1 Å². The number of urea groups is 1. The van der Waals surface area contributed by atoms with Crippen molar-refractivity contribution < 1.29 is 14.4 Å². The Morgan fingerprint density at radius 1 is 1.08 bits per heavy atom. The van der Waals surface area contributed by atoms with Gasteiger partial charge in [0.1, 0.15) is 17.9 Å². The van der Waals surface area contributed by atoms with Gasteiger partial charge >= 0.3 is 6.03 Å². The summed E-state index contributed by atoms with van der Waals surface area (Å²) in [4.78, 5) is 48.8. The van der Waals surface area contributed by atoms with E-state index in [1.165, 1.54) is 24.2 Å². The molecule has 2 aromatic rings. The third kappa shape index (κ3) is 6.67. The van der Waals surface area contributed by atoms with Crippen molar-refractivity contribution in [1.82, 2.24) is 25.0 Å². The molecule has 1 aromatic heterocycles. The predicted octanol–water partition coefficient (Wildman–Crippen LogP) is 3.80. The molecule has 2 aliphatic rings. The molecule has 9 nitrogen and oxygen atoms in total. The maximum Gasteiger partial charge on any atom is 0.319 e. The molecule has 4 rings (SSSR count). The average molecular weight is 545 g/mol. The second kappa shape index (κ2) is 13.1. The topological polar surface area (TPSA) is 112 Å². The Labute approximate surface area is 231 Å². The largest absolute Gasteiger partial charge is 0.383 e. The monoisotopic (exact) mass is 544 g/mol. The lowest BCUT2D eigenvalue weighted by atomic mass is 9.84. The lowest BCUT2D eigenvalue weighted by Gasteiger charge is -2.36. The van der Waals surface area contributed by atoms with Crippen LogP contribution in [0.4, 0.5) is 10.6 Å². The number of nitrogen functional groups attached to an aromatic ring is 1. The molecule has 10 heteroatoms. The van der Waals surface area contributed by atoms with E-state index in [1.54, 1.807) is 37.1 Å². The van der Waals surface area contributed by atoms with Gasteiger partial charge in [-0.2, -0.15) is 0 Å². The van der Waals surface area contributed by atoms with Crippen LogP contribution in [0, 0.1) is 5.92 Å². The van der Waals surface area contributed by atoms with Crippen molar-refractivity contribution in [3.05, 3.63) is 36.0 Å². The first kappa shape index (κ1) is 29.5. The zero-order valence-corrected chi connectivity index (χ0v) is 23.5. The van der Waals surface area contributed by atoms with Crippen molar-refractivity contribution in [3.8, 4) is 0 Å². The standard InChI is InChI=1S/C28H40N6O3.ClH/c1-32(2)28(37)33(3)24(17-19-8-5-4-6-9-19)27(36)34-15-7-10-23(34)26(35)31-18-20-11-12-22-21(16-20)13-14-30-25(22)29;/h11-14,16,19,23-24H,4-10,15,17-18H2,1-3H3,(H2,29,30)(H,31,35);1H. The molecule has 2 unspecified atom stereocenters. The second-order valence-corrected chi connectivity index (χ2v) is 10.7. The van der Waals surface area contributed by atoms with Crippen LogP contribution in [0.25, 0.3) is 10.8 Å². The van der Waals surface area contributed by atoms with Crippen molar-refractivity contribution >= 4 is 46.8 Å². The molecule has 2 atom stereocenters. The second-order valence-electron chi connectivity index (χ2n) is 10.7. The number of pyridine rings is 1. The summed E-state index contributed by atoms with van der Waals surface area (Å²) in [5.41, 5.74) is 6.90. The van der Waals surface area contributed by atoms with E-state index in [9.17, 15) is 14.4 Å². The number of amides is 4. The number of carbonyl (C=O) groups is 3. The molecule has 208 valence electrons. The Hall–Kier alpha value is -3.07. The highest BCUT2D eigenvalue weighted by Gasteiger charge is 2.40. The molecule has 1 aromatic carbocycles. The number of nitrogens with zero attached hydrogens (tertiary/aromatic N) is 4. The molecule has 38 heavy (non-hydrogen) atoms. The molecule has 1 aliphatic carbocycles. The minimum atomic E-state index is -0.564. The highest BCUT2D eigenvalue weighted by atomic mass is 35.5. The van der Waals surface area contributed by atoms with E-state index in [1.807, 2.05) is 24.3 Å². The summed E-state index contributed by atoms with van der Waals surface area (Å²) in [5, 5.41) is 4.88. The highest BCUT2D eigenvalue weighted by molar-refractivity contribution is 5.93. The number of hydrogen-bond acceptors (Lipinski definition) is 5. The maximum absolute atomic E-state index is 13.9. The third-order valence-corrected chi connectivity index (χ3v) is 7.88. The number of aromatic nitrogens is 1. The van der Waals surface area contributed by atoms with Crippen LogP contribution in [0.1, 0.15) is 56.9 Å². The van der Waals surface area contributed by atoms with Gasteiger partial charge in [0.2, 0.25) is 11.8 Å². The molecule has 1 saturated carbocycles. The van der Waals surface area contributed by atoms with Gasteiger partial charge in [-0.15, -0.1) is 12.4 Å². The van der Waals surface area contributed by atoms with Gasteiger partial charge in [-0.05, 0) is 48.3 Å². The number of hydrogen-bond donors (Lipinski definition) is 2. The fourth-order valence-electron chi connectivity index (χ4n) is 5.77. The van der Waals surface area contributed by atoms with Crippen LogP contribution in [-0.2, 0) is 16.1 Å². The Bertz CT molecular complexity index is 1140. The summed E-state index contributed by atoms with van der Waals surface area (Å²) in [6.07, 6.45) is 9.46. The Kier molecular flexibility index (Phi) is 10.2. The van der Waals surface area contributed by atoms with Crippen LogP contribution < -0.4 is 11.1 Å². The number of likely N-dealkylation sites (tertiary alicyclic amines) is 1. The van der Waals surface area contributed by atoms with E-state index in [4.69, 9.17) is 5.73 Å². The number of rotatable bonds is 7. The Balaban J connectivity index is 0.00000400. The van der Waals surface area contributed by atoms with Gasteiger partial charge in [0.25, 0.3) is 0 Å². The van der Waals surface area contributed by atoms with Crippen molar-refractivity contribution in [2.75, 3.05) is 33.4 Å². The van der Waals surface area contributed by atoms with Crippen molar-refractivity contribution in [2.45, 2.75) is 70.0 Å². The number of benzene rings is 1. The smallest absolute Gasteiger partial charge is 0.319 e. The number of nitrogens with two attached hydrogens (primary N) is 1.